The number of nitrogens with one attached hydrogen (secondary N) is 2. The summed E-state index contributed by atoms with van der Waals surface area (Å²) in [5.74, 6) is 0. The summed E-state index contributed by atoms with van der Waals surface area (Å²) in [5, 5.41) is 14.2. The average Bonchev–Trinajstić information content (AvgIpc) is 1.98. The highest BCUT2D eigenvalue weighted by atomic mass is 16.3. The number of hydrogen-bond acceptors (Lipinski definition) is 3. The molecule has 0 rings (SSSR count). The zero-order chi connectivity index (χ0) is 10.4. The molecule has 0 fully saturated rings. The van der Waals surface area contributed by atoms with Crippen LogP contribution in [0.2, 0.25) is 0 Å². The first-order valence-corrected chi connectivity index (χ1v) is 4.41. The molecule has 0 heterocycles. The maximum absolute atomic E-state index is 11.0. The van der Waals surface area contributed by atoms with Crippen LogP contribution in [0.5, 0.6) is 0 Å². The van der Waals surface area contributed by atoms with E-state index in [4.69, 9.17) is 10.8 Å². The summed E-state index contributed by atoms with van der Waals surface area (Å²) in [5.41, 5.74) is 5.50. The lowest BCUT2D eigenvalue weighted by Gasteiger charge is -2.16. The summed E-state index contributed by atoms with van der Waals surface area (Å²) < 4.78 is 0. The molecular formula is C8H19N3O2. The molecule has 0 spiro atoms. The van der Waals surface area contributed by atoms with Crippen molar-refractivity contribution < 1.29 is 9.90 Å². The zero-order valence-electron chi connectivity index (χ0n) is 8.37. The van der Waals surface area contributed by atoms with Crippen molar-refractivity contribution in [1.29, 1.82) is 0 Å². The van der Waals surface area contributed by atoms with Crippen molar-refractivity contribution in [2.45, 2.75) is 39.0 Å². The van der Waals surface area contributed by atoms with Gasteiger partial charge in [0.15, 0.2) is 0 Å². The Balaban J connectivity index is 3.58. The summed E-state index contributed by atoms with van der Waals surface area (Å²) in [6.45, 7) is 5.60. The van der Waals surface area contributed by atoms with Crippen LogP contribution in [0, 0.1) is 0 Å². The topological polar surface area (TPSA) is 87.4 Å². The van der Waals surface area contributed by atoms with Gasteiger partial charge in [0.25, 0.3) is 0 Å². The van der Waals surface area contributed by atoms with E-state index >= 15 is 0 Å². The molecule has 2 unspecified atom stereocenters. The van der Waals surface area contributed by atoms with E-state index in [0.29, 0.717) is 0 Å². The maximum Gasteiger partial charge on any atom is 0.315 e. The van der Waals surface area contributed by atoms with Crippen molar-refractivity contribution in [1.82, 2.24) is 10.6 Å². The third kappa shape index (κ3) is 6.36. The molecule has 2 atom stereocenters. The van der Waals surface area contributed by atoms with Crippen molar-refractivity contribution in [2.24, 2.45) is 5.73 Å². The normalized spacial score (nSPS) is 15.2. The van der Waals surface area contributed by atoms with Gasteiger partial charge >= 0.3 is 6.03 Å². The molecule has 0 aromatic rings. The number of amides is 2. The highest BCUT2D eigenvalue weighted by Gasteiger charge is 2.10. The van der Waals surface area contributed by atoms with Crippen molar-refractivity contribution in [3.63, 3.8) is 0 Å². The average molecular weight is 189 g/mol. The van der Waals surface area contributed by atoms with E-state index < -0.39 is 12.1 Å². The van der Waals surface area contributed by atoms with Crippen LogP contribution in [-0.2, 0) is 0 Å². The van der Waals surface area contributed by atoms with Crippen LogP contribution < -0.4 is 16.4 Å². The van der Waals surface area contributed by atoms with Crippen LogP contribution in [-0.4, -0.2) is 35.9 Å². The van der Waals surface area contributed by atoms with E-state index in [1.165, 1.54) is 0 Å². The number of aliphatic hydroxyl groups is 1. The highest BCUT2D eigenvalue weighted by molar-refractivity contribution is 5.74. The zero-order valence-corrected chi connectivity index (χ0v) is 8.37. The van der Waals surface area contributed by atoms with E-state index in [1.807, 2.05) is 13.8 Å². The summed E-state index contributed by atoms with van der Waals surface area (Å²) in [6.07, 6.45) is -0.612. The molecule has 0 bridgehead atoms. The molecule has 5 N–H and O–H groups in total. The largest absolute Gasteiger partial charge is 0.392 e. The van der Waals surface area contributed by atoms with Gasteiger partial charge in [-0.1, -0.05) is 0 Å². The molecule has 0 aromatic carbocycles. The Morgan fingerprint density at radius 3 is 2.38 bits per heavy atom. The molecule has 0 saturated carbocycles. The number of nitrogens with two attached hydrogens (primary N) is 1. The molecule has 5 heteroatoms. The minimum absolute atomic E-state index is 0.0998. The highest BCUT2D eigenvalue weighted by Crippen LogP contribution is 1.85. The summed E-state index contributed by atoms with van der Waals surface area (Å²) in [6, 6.07) is -0.577. The van der Waals surface area contributed by atoms with Crippen molar-refractivity contribution in [2.75, 3.05) is 6.54 Å². The molecule has 0 saturated heterocycles. The van der Waals surface area contributed by atoms with Gasteiger partial charge in [-0.25, -0.2) is 4.79 Å². The first-order valence-electron chi connectivity index (χ1n) is 4.41. The van der Waals surface area contributed by atoms with Gasteiger partial charge in [-0.15, -0.1) is 0 Å². The Bertz CT molecular complexity index is 159. The summed E-state index contributed by atoms with van der Waals surface area (Å²) >= 11 is 0. The van der Waals surface area contributed by atoms with E-state index in [9.17, 15) is 4.79 Å². The number of hydrogen-bond donors (Lipinski definition) is 4. The molecule has 2 amide bonds. The smallest absolute Gasteiger partial charge is 0.315 e. The van der Waals surface area contributed by atoms with E-state index in [0.717, 1.165) is 0 Å². The van der Waals surface area contributed by atoms with Crippen LogP contribution in [0.25, 0.3) is 0 Å². The van der Waals surface area contributed by atoms with Crippen LogP contribution in [0.1, 0.15) is 20.8 Å². The number of rotatable bonds is 4. The fraction of sp³-hybridized carbons (Fsp3) is 0.875. The Morgan fingerprint density at radius 1 is 1.46 bits per heavy atom. The lowest BCUT2D eigenvalue weighted by molar-refractivity contribution is 0.162. The number of urea groups is 1. The molecule has 13 heavy (non-hydrogen) atoms. The Morgan fingerprint density at radius 2 is 2.00 bits per heavy atom. The predicted molar refractivity (Wildman–Crippen MR) is 51.3 cm³/mol. The van der Waals surface area contributed by atoms with Crippen LogP contribution in [0.15, 0.2) is 0 Å². The number of carbonyl (C=O) groups is 1. The lowest BCUT2D eigenvalue weighted by atomic mass is 10.2. The minimum atomic E-state index is -0.612. The van der Waals surface area contributed by atoms with E-state index in [1.54, 1.807) is 6.92 Å². The molecule has 0 radical (unpaired) electrons. The molecule has 0 aromatic heterocycles. The quantitative estimate of drug-likeness (QED) is 0.476. The van der Waals surface area contributed by atoms with Gasteiger partial charge in [0, 0.05) is 18.6 Å². The Kier molecular flexibility index (Phi) is 5.41. The standard InChI is InChI=1S/C8H19N3O2/c1-5(2)11-8(13)10-4-7(9)6(3)12/h5-7,12H,4,9H2,1-3H3,(H2,10,11,13). The fourth-order valence-corrected chi connectivity index (χ4v) is 0.694. The Hall–Kier alpha value is -0.810. The number of aliphatic hydroxyl groups excluding tert-OH is 1. The van der Waals surface area contributed by atoms with Gasteiger partial charge in [-0.05, 0) is 20.8 Å². The predicted octanol–water partition coefficient (Wildman–Crippen LogP) is -0.598. The molecule has 0 aliphatic heterocycles. The monoisotopic (exact) mass is 189 g/mol. The molecular weight excluding hydrogens is 170 g/mol. The fourth-order valence-electron chi connectivity index (χ4n) is 0.694. The van der Waals surface area contributed by atoms with E-state index in [2.05, 4.69) is 10.6 Å². The summed E-state index contributed by atoms with van der Waals surface area (Å²) in [4.78, 5) is 11.0. The maximum atomic E-state index is 11.0. The SMILES string of the molecule is CC(C)NC(=O)NCC(N)C(C)O. The molecule has 78 valence electrons. The van der Waals surface area contributed by atoms with Crippen LogP contribution >= 0.6 is 0 Å². The van der Waals surface area contributed by atoms with Crippen molar-refractivity contribution in [3.8, 4) is 0 Å². The van der Waals surface area contributed by atoms with Crippen molar-refractivity contribution >= 4 is 6.03 Å². The molecule has 0 aliphatic carbocycles. The Labute approximate surface area is 78.7 Å². The van der Waals surface area contributed by atoms with Crippen molar-refractivity contribution in [3.05, 3.63) is 0 Å². The van der Waals surface area contributed by atoms with Gasteiger partial charge in [-0.2, -0.15) is 0 Å². The third-order valence-corrected chi connectivity index (χ3v) is 1.54. The van der Waals surface area contributed by atoms with Crippen LogP contribution in [0.3, 0.4) is 0 Å². The second kappa shape index (κ2) is 5.77. The van der Waals surface area contributed by atoms with Crippen LogP contribution in [0.4, 0.5) is 4.79 Å². The lowest BCUT2D eigenvalue weighted by Crippen LogP contribution is -2.47. The molecule has 0 aliphatic rings. The van der Waals surface area contributed by atoms with Gasteiger partial charge in [0.05, 0.1) is 6.10 Å². The second-order valence-corrected chi connectivity index (χ2v) is 3.41. The summed E-state index contributed by atoms with van der Waals surface area (Å²) in [7, 11) is 0. The minimum Gasteiger partial charge on any atom is -0.392 e. The molecule has 5 nitrogen and oxygen atoms in total. The van der Waals surface area contributed by atoms with Gasteiger partial charge in [0.1, 0.15) is 0 Å². The van der Waals surface area contributed by atoms with E-state index in [-0.39, 0.29) is 18.6 Å². The first kappa shape index (κ1) is 12.2. The number of carbonyl (C=O) groups excluding carboxylic acids is 1. The third-order valence-electron chi connectivity index (χ3n) is 1.54. The van der Waals surface area contributed by atoms with Gasteiger partial charge in [-0.3, -0.25) is 0 Å². The first-order chi connectivity index (χ1) is 5.93. The van der Waals surface area contributed by atoms with Gasteiger partial charge in [0.2, 0.25) is 0 Å². The van der Waals surface area contributed by atoms with Gasteiger partial charge < -0.3 is 21.5 Å². The second-order valence-electron chi connectivity index (χ2n) is 3.41.